The zero-order valence-corrected chi connectivity index (χ0v) is 11.3. The molecule has 0 saturated carbocycles. The molecule has 0 spiro atoms. The lowest BCUT2D eigenvalue weighted by Crippen LogP contribution is -2.25. The highest BCUT2D eigenvalue weighted by atomic mass is 16.5. The van der Waals surface area contributed by atoms with Gasteiger partial charge in [-0.2, -0.15) is 0 Å². The van der Waals surface area contributed by atoms with E-state index in [1.54, 1.807) is 0 Å². The van der Waals surface area contributed by atoms with Crippen LogP contribution >= 0.6 is 0 Å². The molecule has 1 aliphatic heterocycles. The van der Waals surface area contributed by atoms with Crippen molar-refractivity contribution in [3.8, 4) is 5.75 Å². The molecule has 1 aliphatic rings. The summed E-state index contributed by atoms with van der Waals surface area (Å²) in [5.41, 5.74) is 7.20. The number of ether oxygens (including phenoxy) is 1. The second-order valence-electron chi connectivity index (χ2n) is 4.64. The van der Waals surface area contributed by atoms with Crippen LogP contribution in [-0.4, -0.2) is 19.1 Å². The third-order valence-electron chi connectivity index (χ3n) is 3.30. The van der Waals surface area contributed by atoms with Crippen LogP contribution in [0.5, 0.6) is 5.75 Å². The van der Waals surface area contributed by atoms with Gasteiger partial charge in [0, 0.05) is 12.1 Å². The number of hydrogen-bond acceptors (Lipinski definition) is 3. The van der Waals surface area contributed by atoms with Gasteiger partial charge >= 0.3 is 0 Å². The fourth-order valence-corrected chi connectivity index (χ4v) is 2.35. The van der Waals surface area contributed by atoms with E-state index in [-0.39, 0.29) is 5.91 Å². The van der Waals surface area contributed by atoms with E-state index < -0.39 is 0 Å². The standard InChI is InChI=1S/C16H16N2O2/c1-2-20-14-6-7-15-11(4-3-5-12(15)9-14)8-13-10-17-18-16(13)19/h3-9,17H,2,10H2,1H3,(H,18,19)/b13-8+. The normalized spacial score (nSPS) is 16.6. The first-order chi connectivity index (χ1) is 9.78. The molecular weight excluding hydrogens is 252 g/mol. The largest absolute Gasteiger partial charge is 0.494 e. The van der Waals surface area contributed by atoms with E-state index in [1.807, 2.05) is 49.4 Å². The van der Waals surface area contributed by atoms with Crippen LogP contribution in [0.1, 0.15) is 12.5 Å². The SMILES string of the molecule is CCOc1ccc2c(/C=C3\CNNC3=O)cccc2c1. The van der Waals surface area contributed by atoms with Gasteiger partial charge < -0.3 is 4.74 Å². The Labute approximate surface area is 117 Å². The van der Waals surface area contributed by atoms with Crippen molar-refractivity contribution in [3.05, 3.63) is 47.5 Å². The second kappa shape index (κ2) is 5.35. The number of hydrogen-bond donors (Lipinski definition) is 2. The summed E-state index contributed by atoms with van der Waals surface area (Å²) in [4.78, 5) is 11.6. The Balaban J connectivity index is 2.05. The summed E-state index contributed by atoms with van der Waals surface area (Å²) in [6, 6.07) is 12.1. The maximum Gasteiger partial charge on any atom is 0.262 e. The van der Waals surface area contributed by atoms with Gasteiger partial charge in [0.1, 0.15) is 5.75 Å². The summed E-state index contributed by atoms with van der Waals surface area (Å²) >= 11 is 0. The quantitative estimate of drug-likeness (QED) is 0.839. The van der Waals surface area contributed by atoms with Crippen LogP contribution in [0.15, 0.2) is 42.0 Å². The Morgan fingerprint density at radius 3 is 2.95 bits per heavy atom. The van der Waals surface area contributed by atoms with Crippen molar-refractivity contribution in [1.82, 2.24) is 10.9 Å². The van der Waals surface area contributed by atoms with Gasteiger partial charge in [-0.15, -0.1) is 0 Å². The molecule has 4 nitrogen and oxygen atoms in total. The first-order valence-corrected chi connectivity index (χ1v) is 6.67. The molecule has 1 heterocycles. The number of carbonyl (C=O) groups excluding carboxylic acids is 1. The summed E-state index contributed by atoms with van der Waals surface area (Å²) < 4.78 is 5.51. The number of benzene rings is 2. The lowest BCUT2D eigenvalue weighted by Gasteiger charge is -2.07. The van der Waals surface area contributed by atoms with E-state index in [9.17, 15) is 4.79 Å². The van der Waals surface area contributed by atoms with Gasteiger partial charge in [0.25, 0.3) is 5.91 Å². The zero-order chi connectivity index (χ0) is 13.9. The minimum Gasteiger partial charge on any atom is -0.494 e. The van der Waals surface area contributed by atoms with Crippen molar-refractivity contribution in [1.29, 1.82) is 0 Å². The van der Waals surface area contributed by atoms with Crippen molar-refractivity contribution in [3.63, 3.8) is 0 Å². The number of carbonyl (C=O) groups is 1. The van der Waals surface area contributed by atoms with Crippen molar-refractivity contribution >= 4 is 22.8 Å². The smallest absolute Gasteiger partial charge is 0.262 e. The summed E-state index contributed by atoms with van der Waals surface area (Å²) in [7, 11) is 0. The Morgan fingerprint density at radius 1 is 1.30 bits per heavy atom. The molecule has 0 radical (unpaired) electrons. The number of hydrazine groups is 1. The Hall–Kier alpha value is -2.33. The Kier molecular flexibility index (Phi) is 3.39. The van der Waals surface area contributed by atoms with Crippen LogP contribution in [0.4, 0.5) is 0 Å². The maximum absolute atomic E-state index is 11.6. The molecule has 0 unspecified atom stereocenters. The van der Waals surface area contributed by atoms with Crippen LogP contribution in [0, 0.1) is 0 Å². The summed E-state index contributed by atoms with van der Waals surface area (Å²) in [5, 5.41) is 2.22. The Bertz CT molecular complexity index is 692. The summed E-state index contributed by atoms with van der Waals surface area (Å²) in [6.07, 6.45) is 1.93. The molecule has 0 aliphatic carbocycles. The lowest BCUT2D eigenvalue weighted by atomic mass is 10.0. The highest BCUT2D eigenvalue weighted by Gasteiger charge is 2.15. The molecule has 3 rings (SSSR count). The van der Waals surface area contributed by atoms with E-state index in [4.69, 9.17) is 4.74 Å². The van der Waals surface area contributed by atoms with Gasteiger partial charge in [0.15, 0.2) is 0 Å². The van der Waals surface area contributed by atoms with E-state index in [1.165, 1.54) is 0 Å². The number of rotatable bonds is 3. The van der Waals surface area contributed by atoms with Gasteiger partial charge in [-0.25, -0.2) is 5.43 Å². The third-order valence-corrected chi connectivity index (χ3v) is 3.30. The maximum atomic E-state index is 11.6. The van der Waals surface area contributed by atoms with Crippen LogP contribution in [0.25, 0.3) is 16.8 Å². The lowest BCUT2D eigenvalue weighted by molar-refractivity contribution is -0.116. The predicted molar refractivity (Wildman–Crippen MR) is 79.2 cm³/mol. The number of amides is 1. The molecule has 2 N–H and O–H groups in total. The van der Waals surface area contributed by atoms with Crippen molar-refractivity contribution in [2.45, 2.75) is 6.92 Å². The molecule has 20 heavy (non-hydrogen) atoms. The molecule has 2 aromatic carbocycles. The molecule has 4 heteroatoms. The summed E-state index contributed by atoms with van der Waals surface area (Å²) in [5.74, 6) is 0.804. The van der Waals surface area contributed by atoms with Crippen LogP contribution in [0.2, 0.25) is 0 Å². The zero-order valence-electron chi connectivity index (χ0n) is 11.3. The predicted octanol–water partition coefficient (Wildman–Crippen LogP) is 2.26. The first-order valence-electron chi connectivity index (χ1n) is 6.67. The van der Waals surface area contributed by atoms with E-state index >= 15 is 0 Å². The van der Waals surface area contributed by atoms with E-state index in [2.05, 4.69) is 10.9 Å². The molecule has 102 valence electrons. The topological polar surface area (TPSA) is 50.4 Å². The Morgan fingerprint density at radius 2 is 2.20 bits per heavy atom. The van der Waals surface area contributed by atoms with Gasteiger partial charge in [-0.3, -0.25) is 10.2 Å². The average molecular weight is 268 g/mol. The molecule has 0 atom stereocenters. The third kappa shape index (κ3) is 2.38. The van der Waals surface area contributed by atoms with Crippen LogP contribution in [0.3, 0.4) is 0 Å². The molecule has 1 amide bonds. The van der Waals surface area contributed by atoms with Gasteiger partial charge in [0.05, 0.1) is 6.61 Å². The number of nitrogens with one attached hydrogen (secondary N) is 2. The highest BCUT2D eigenvalue weighted by molar-refractivity contribution is 6.02. The molecule has 0 aromatic heterocycles. The monoisotopic (exact) mass is 268 g/mol. The van der Waals surface area contributed by atoms with Crippen molar-refractivity contribution in [2.75, 3.05) is 13.2 Å². The first kappa shape index (κ1) is 12.7. The fourth-order valence-electron chi connectivity index (χ4n) is 2.35. The number of fused-ring (bicyclic) bond motifs is 1. The summed E-state index contributed by atoms with van der Waals surface area (Å²) in [6.45, 7) is 3.17. The van der Waals surface area contributed by atoms with Crippen molar-refractivity contribution < 1.29 is 9.53 Å². The second-order valence-corrected chi connectivity index (χ2v) is 4.64. The van der Waals surface area contributed by atoms with Crippen molar-refractivity contribution in [2.24, 2.45) is 0 Å². The minimum atomic E-state index is -0.0621. The molecule has 1 saturated heterocycles. The van der Waals surface area contributed by atoms with Gasteiger partial charge in [0.2, 0.25) is 0 Å². The van der Waals surface area contributed by atoms with Crippen LogP contribution < -0.4 is 15.6 Å². The molecule has 1 fully saturated rings. The van der Waals surface area contributed by atoms with E-state index in [0.29, 0.717) is 13.2 Å². The average Bonchev–Trinajstić information content (AvgIpc) is 2.85. The molecular formula is C16H16N2O2. The van der Waals surface area contributed by atoms with E-state index in [0.717, 1.165) is 27.7 Å². The fraction of sp³-hybridized carbons (Fsp3) is 0.188. The van der Waals surface area contributed by atoms with Gasteiger partial charge in [-0.05, 0) is 41.5 Å². The van der Waals surface area contributed by atoms with Crippen LogP contribution in [-0.2, 0) is 4.79 Å². The minimum absolute atomic E-state index is 0.0621. The molecule has 0 bridgehead atoms. The van der Waals surface area contributed by atoms with Gasteiger partial charge in [-0.1, -0.05) is 24.3 Å². The molecule has 2 aromatic rings. The highest BCUT2D eigenvalue weighted by Crippen LogP contribution is 2.25.